The zero-order valence-corrected chi connectivity index (χ0v) is 15.4. The fraction of sp³-hybridized carbons (Fsp3) is 0.174. The lowest BCUT2D eigenvalue weighted by Gasteiger charge is -2.13. The lowest BCUT2D eigenvalue weighted by Crippen LogP contribution is -2.11. The number of hydrogen-bond donors (Lipinski definition) is 1. The summed E-state index contributed by atoms with van der Waals surface area (Å²) in [5.74, 6) is -0.293. The lowest BCUT2D eigenvalue weighted by atomic mass is 10.0. The van der Waals surface area contributed by atoms with Crippen molar-refractivity contribution in [2.24, 2.45) is 0 Å². The van der Waals surface area contributed by atoms with Crippen LogP contribution in [0.1, 0.15) is 27.8 Å². The summed E-state index contributed by atoms with van der Waals surface area (Å²) in [5, 5.41) is 3.28. The van der Waals surface area contributed by atoms with Gasteiger partial charge >= 0.3 is 0 Å². The smallest absolute Gasteiger partial charge is 0.133 e. The molecule has 3 rings (SSSR count). The van der Waals surface area contributed by atoms with Gasteiger partial charge in [-0.05, 0) is 66.8 Å². The van der Waals surface area contributed by atoms with Crippen molar-refractivity contribution < 1.29 is 4.39 Å². The highest BCUT2D eigenvalue weighted by Gasteiger charge is 2.11. The van der Waals surface area contributed by atoms with Crippen molar-refractivity contribution in [2.45, 2.75) is 27.3 Å². The number of hydrogen-bond acceptors (Lipinski definition) is 2. The molecule has 26 heavy (non-hydrogen) atoms. The lowest BCUT2D eigenvalue weighted by molar-refractivity contribution is 0.630. The second kappa shape index (κ2) is 7.52. The first-order chi connectivity index (χ1) is 12.5. The van der Waals surface area contributed by atoms with E-state index in [4.69, 9.17) is 0 Å². The Morgan fingerprint density at radius 2 is 1.81 bits per heavy atom. The van der Waals surface area contributed by atoms with Gasteiger partial charge in [0.15, 0.2) is 0 Å². The highest BCUT2D eigenvalue weighted by molar-refractivity contribution is 5.69. The van der Waals surface area contributed by atoms with Crippen LogP contribution in [0.2, 0.25) is 0 Å². The van der Waals surface area contributed by atoms with Crippen LogP contribution < -0.4 is 5.32 Å². The summed E-state index contributed by atoms with van der Waals surface area (Å²) in [6, 6.07) is 15.3. The van der Waals surface area contributed by atoms with E-state index in [0.29, 0.717) is 23.5 Å². The van der Waals surface area contributed by atoms with Crippen LogP contribution in [0.5, 0.6) is 0 Å². The molecular formula is C23H23FN2. The van der Waals surface area contributed by atoms with E-state index in [2.05, 4.69) is 48.9 Å². The molecule has 0 bridgehead atoms. The van der Waals surface area contributed by atoms with Crippen LogP contribution in [0.15, 0.2) is 61.3 Å². The molecule has 2 nitrogen and oxygen atoms in total. The third kappa shape index (κ3) is 3.83. The van der Waals surface area contributed by atoms with E-state index in [-0.39, 0.29) is 5.82 Å². The summed E-state index contributed by atoms with van der Waals surface area (Å²) in [6.45, 7) is 10.8. The number of nitrogens with zero attached hydrogens (tertiary/aromatic N) is 1. The van der Waals surface area contributed by atoms with E-state index in [1.807, 2.05) is 25.1 Å². The molecule has 0 saturated heterocycles. The fourth-order valence-corrected chi connectivity index (χ4v) is 2.89. The minimum atomic E-state index is -0.293. The monoisotopic (exact) mass is 346 g/mol. The van der Waals surface area contributed by atoms with Crippen molar-refractivity contribution in [3.05, 3.63) is 94.9 Å². The molecule has 2 aromatic carbocycles. The maximum absolute atomic E-state index is 14.6. The van der Waals surface area contributed by atoms with Crippen molar-refractivity contribution >= 4 is 5.70 Å². The number of aromatic nitrogens is 1. The third-order valence-electron chi connectivity index (χ3n) is 4.66. The maximum atomic E-state index is 14.6. The van der Waals surface area contributed by atoms with E-state index >= 15 is 0 Å². The van der Waals surface area contributed by atoms with E-state index in [0.717, 1.165) is 11.1 Å². The Bertz CT molecular complexity index is 960. The summed E-state index contributed by atoms with van der Waals surface area (Å²) < 4.78 is 14.6. The van der Waals surface area contributed by atoms with Crippen LogP contribution >= 0.6 is 0 Å². The maximum Gasteiger partial charge on any atom is 0.133 e. The molecule has 0 aliphatic rings. The topological polar surface area (TPSA) is 24.9 Å². The van der Waals surface area contributed by atoms with Crippen LogP contribution in [0.25, 0.3) is 17.0 Å². The minimum Gasteiger partial charge on any atom is -0.381 e. The molecule has 0 amide bonds. The standard InChI is InChI=1S/C23H23FN2/c1-15-7-8-19(12-17(15)3)14-26-18(4)20-9-10-21(22(24)13-20)23-16(2)6-5-11-25-23/h5-13,26H,4,14H2,1-3H3. The second-order valence-corrected chi connectivity index (χ2v) is 6.61. The molecule has 0 fully saturated rings. The fourth-order valence-electron chi connectivity index (χ4n) is 2.89. The van der Waals surface area contributed by atoms with Gasteiger partial charge in [0.1, 0.15) is 5.82 Å². The van der Waals surface area contributed by atoms with E-state index < -0.39 is 0 Å². The molecule has 1 N–H and O–H groups in total. The van der Waals surface area contributed by atoms with Crippen LogP contribution in [0.4, 0.5) is 4.39 Å². The van der Waals surface area contributed by atoms with Crippen LogP contribution in [0.3, 0.4) is 0 Å². The van der Waals surface area contributed by atoms with Gasteiger partial charge < -0.3 is 5.32 Å². The Kier molecular flexibility index (Phi) is 5.17. The first-order valence-corrected chi connectivity index (χ1v) is 8.66. The van der Waals surface area contributed by atoms with E-state index in [9.17, 15) is 4.39 Å². The highest BCUT2D eigenvalue weighted by Crippen LogP contribution is 2.26. The number of nitrogens with one attached hydrogen (secondary N) is 1. The van der Waals surface area contributed by atoms with Crippen molar-refractivity contribution in [2.75, 3.05) is 0 Å². The molecule has 0 aliphatic carbocycles. The number of halogens is 1. The molecule has 0 unspecified atom stereocenters. The van der Waals surface area contributed by atoms with Crippen LogP contribution in [-0.4, -0.2) is 4.98 Å². The van der Waals surface area contributed by atoms with E-state index in [1.54, 1.807) is 12.3 Å². The summed E-state index contributed by atoms with van der Waals surface area (Å²) in [4.78, 5) is 4.30. The Morgan fingerprint density at radius 3 is 2.50 bits per heavy atom. The quantitative estimate of drug-likeness (QED) is 0.653. The summed E-state index contributed by atoms with van der Waals surface area (Å²) >= 11 is 0. The number of rotatable bonds is 5. The second-order valence-electron chi connectivity index (χ2n) is 6.61. The third-order valence-corrected chi connectivity index (χ3v) is 4.66. The molecule has 0 atom stereocenters. The normalized spacial score (nSPS) is 10.6. The number of pyridine rings is 1. The van der Waals surface area contributed by atoms with Gasteiger partial charge in [-0.1, -0.05) is 36.9 Å². The molecule has 0 spiro atoms. The first kappa shape index (κ1) is 17.9. The van der Waals surface area contributed by atoms with Gasteiger partial charge in [0.2, 0.25) is 0 Å². The van der Waals surface area contributed by atoms with Gasteiger partial charge in [-0.3, -0.25) is 4.98 Å². The molecular weight excluding hydrogens is 323 g/mol. The molecule has 0 radical (unpaired) electrons. The zero-order chi connectivity index (χ0) is 18.7. The summed E-state index contributed by atoms with van der Waals surface area (Å²) in [5.41, 5.74) is 7.28. The molecule has 1 heterocycles. The average molecular weight is 346 g/mol. The SMILES string of the molecule is C=C(NCc1ccc(C)c(C)c1)c1ccc(-c2ncccc2C)c(F)c1. The molecule has 132 valence electrons. The van der Waals surface area contributed by atoms with Gasteiger partial charge in [-0.25, -0.2) is 4.39 Å². The number of aryl methyl sites for hydroxylation is 3. The van der Waals surface area contributed by atoms with Crippen molar-refractivity contribution in [1.82, 2.24) is 10.3 Å². The predicted octanol–water partition coefficient (Wildman–Crippen LogP) is 5.57. The van der Waals surface area contributed by atoms with Crippen molar-refractivity contribution in [1.29, 1.82) is 0 Å². The Hall–Kier alpha value is -2.94. The van der Waals surface area contributed by atoms with Gasteiger partial charge in [-0.15, -0.1) is 0 Å². The molecule has 3 aromatic rings. The van der Waals surface area contributed by atoms with Gasteiger partial charge in [-0.2, -0.15) is 0 Å². The largest absolute Gasteiger partial charge is 0.381 e. The molecule has 3 heteroatoms. The molecule has 1 aromatic heterocycles. The highest BCUT2D eigenvalue weighted by atomic mass is 19.1. The van der Waals surface area contributed by atoms with Crippen LogP contribution in [-0.2, 0) is 6.54 Å². The van der Waals surface area contributed by atoms with Crippen molar-refractivity contribution in [3.8, 4) is 11.3 Å². The minimum absolute atomic E-state index is 0.293. The van der Waals surface area contributed by atoms with Gasteiger partial charge in [0.25, 0.3) is 0 Å². The van der Waals surface area contributed by atoms with Crippen molar-refractivity contribution in [3.63, 3.8) is 0 Å². The Labute approximate surface area is 154 Å². The van der Waals surface area contributed by atoms with Gasteiger partial charge in [0, 0.05) is 24.0 Å². The van der Waals surface area contributed by atoms with Gasteiger partial charge in [0.05, 0.1) is 5.69 Å². The molecule has 0 aliphatic heterocycles. The first-order valence-electron chi connectivity index (χ1n) is 8.66. The van der Waals surface area contributed by atoms with E-state index in [1.165, 1.54) is 22.8 Å². The number of benzene rings is 2. The summed E-state index contributed by atoms with van der Waals surface area (Å²) in [6.07, 6.45) is 1.68. The Balaban J connectivity index is 1.75. The van der Waals surface area contributed by atoms with Crippen LogP contribution in [0, 0.1) is 26.6 Å². The average Bonchev–Trinajstić information content (AvgIpc) is 2.63. The Morgan fingerprint density at radius 1 is 1.00 bits per heavy atom. The predicted molar refractivity (Wildman–Crippen MR) is 106 cm³/mol. The zero-order valence-electron chi connectivity index (χ0n) is 15.4. The molecule has 0 saturated carbocycles. The summed E-state index contributed by atoms with van der Waals surface area (Å²) in [7, 11) is 0.